The Morgan fingerprint density at radius 2 is 2.11 bits per heavy atom. The fourth-order valence-corrected chi connectivity index (χ4v) is 5.09. The van der Waals surface area contributed by atoms with Gasteiger partial charge in [-0.2, -0.15) is 0 Å². The van der Waals surface area contributed by atoms with E-state index in [1.807, 2.05) is 35.2 Å². The Kier molecular flexibility index (Phi) is 4.37. The highest BCUT2D eigenvalue weighted by molar-refractivity contribution is 6.05. The minimum Gasteiger partial charge on any atom is -0.377 e. The van der Waals surface area contributed by atoms with E-state index in [0.717, 1.165) is 50.0 Å². The maximum atomic E-state index is 13.3. The van der Waals surface area contributed by atoms with Crippen LogP contribution >= 0.6 is 0 Å². The number of hydrogen-bond acceptors (Lipinski definition) is 4. The summed E-state index contributed by atoms with van der Waals surface area (Å²) in [7, 11) is 0. The molecule has 1 aromatic carbocycles. The molecule has 5 heteroatoms. The molecule has 0 saturated carbocycles. The number of carbonyl (C=O) groups excluding carboxylic acids is 1. The monoisotopic (exact) mass is 365 g/mol. The molecule has 0 N–H and O–H groups in total. The molecule has 3 aliphatic rings. The van der Waals surface area contributed by atoms with Gasteiger partial charge in [-0.25, -0.2) is 0 Å². The molecule has 1 spiro atoms. The average molecular weight is 365 g/mol. The number of carbonyl (C=O) groups is 1. The van der Waals surface area contributed by atoms with Gasteiger partial charge in [-0.1, -0.05) is 24.3 Å². The van der Waals surface area contributed by atoms with Crippen molar-refractivity contribution < 1.29 is 9.53 Å². The van der Waals surface area contributed by atoms with Crippen LogP contribution in [0.15, 0.2) is 36.5 Å². The molecular formula is C22H27N3O2. The first-order valence-electron chi connectivity index (χ1n) is 10.2. The van der Waals surface area contributed by atoms with E-state index in [1.165, 1.54) is 25.7 Å². The standard InChI is InChI=1S/C22H27N3O2/c26-21(20-19-7-2-1-5-17(19)8-11-23-20)24-12-4-9-22(16-24)10-13-25(22)15-18-6-3-14-27-18/h1-2,5,7-8,11,18H,3-4,6,9-10,12-16H2/t18-,22-/m0/s1. The second-order valence-corrected chi connectivity index (χ2v) is 8.27. The van der Waals surface area contributed by atoms with Crippen LogP contribution < -0.4 is 0 Å². The Balaban J connectivity index is 1.35. The van der Waals surface area contributed by atoms with Gasteiger partial charge in [0, 0.05) is 49.9 Å². The predicted octanol–water partition coefficient (Wildman–Crippen LogP) is 3.09. The van der Waals surface area contributed by atoms with Crippen molar-refractivity contribution in [3.8, 4) is 0 Å². The molecule has 27 heavy (non-hydrogen) atoms. The third kappa shape index (κ3) is 3.03. The molecule has 1 amide bonds. The highest BCUT2D eigenvalue weighted by Crippen LogP contribution is 2.39. The molecule has 0 aliphatic carbocycles. The average Bonchev–Trinajstić information content (AvgIpc) is 3.24. The van der Waals surface area contributed by atoms with Crippen LogP contribution in [0.4, 0.5) is 0 Å². The van der Waals surface area contributed by atoms with Crippen LogP contribution in [0, 0.1) is 0 Å². The molecule has 4 heterocycles. The van der Waals surface area contributed by atoms with E-state index in [9.17, 15) is 4.79 Å². The van der Waals surface area contributed by atoms with E-state index < -0.39 is 0 Å². The van der Waals surface area contributed by atoms with Crippen molar-refractivity contribution in [2.75, 3.05) is 32.8 Å². The second-order valence-electron chi connectivity index (χ2n) is 8.27. The number of likely N-dealkylation sites (tertiary alicyclic amines) is 2. The van der Waals surface area contributed by atoms with Crippen molar-refractivity contribution in [2.24, 2.45) is 0 Å². The van der Waals surface area contributed by atoms with E-state index in [1.54, 1.807) is 6.20 Å². The number of fused-ring (bicyclic) bond motifs is 1. The molecule has 3 fully saturated rings. The van der Waals surface area contributed by atoms with E-state index in [0.29, 0.717) is 11.8 Å². The van der Waals surface area contributed by atoms with E-state index in [2.05, 4.69) is 9.88 Å². The predicted molar refractivity (Wildman–Crippen MR) is 105 cm³/mol. The van der Waals surface area contributed by atoms with Crippen LogP contribution in [0.2, 0.25) is 0 Å². The Labute approximate surface area is 160 Å². The molecule has 2 atom stereocenters. The summed E-state index contributed by atoms with van der Waals surface area (Å²) in [6.07, 6.45) is 7.94. The first kappa shape index (κ1) is 17.1. The highest BCUT2D eigenvalue weighted by Gasteiger charge is 2.48. The molecule has 142 valence electrons. The van der Waals surface area contributed by atoms with Crippen LogP contribution in [0.1, 0.15) is 42.6 Å². The topological polar surface area (TPSA) is 45.7 Å². The SMILES string of the molecule is O=C(c1nccc2ccccc12)N1CCC[C@]2(CCN2C[C@@H]2CCCO2)C1. The van der Waals surface area contributed by atoms with Gasteiger partial charge in [0.1, 0.15) is 5.69 Å². The Bertz CT molecular complexity index is 843. The zero-order valence-electron chi connectivity index (χ0n) is 15.8. The second kappa shape index (κ2) is 6.88. The lowest BCUT2D eigenvalue weighted by atomic mass is 9.77. The highest BCUT2D eigenvalue weighted by atomic mass is 16.5. The van der Waals surface area contributed by atoms with Gasteiger partial charge in [-0.05, 0) is 43.6 Å². The molecule has 3 saturated heterocycles. The summed E-state index contributed by atoms with van der Waals surface area (Å²) in [4.78, 5) is 22.4. The lowest BCUT2D eigenvalue weighted by Gasteiger charge is -2.57. The molecule has 0 bridgehead atoms. The van der Waals surface area contributed by atoms with E-state index >= 15 is 0 Å². The normalized spacial score (nSPS) is 28.6. The summed E-state index contributed by atoms with van der Waals surface area (Å²) < 4.78 is 5.85. The maximum absolute atomic E-state index is 13.3. The molecule has 2 aromatic rings. The van der Waals surface area contributed by atoms with Crippen molar-refractivity contribution in [1.82, 2.24) is 14.8 Å². The molecule has 3 aliphatic heterocycles. The number of aromatic nitrogens is 1. The van der Waals surface area contributed by atoms with Crippen LogP contribution in [0.5, 0.6) is 0 Å². The van der Waals surface area contributed by atoms with Gasteiger partial charge in [0.2, 0.25) is 0 Å². The zero-order chi connectivity index (χ0) is 18.3. The van der Waals surface area contributed by atoms with Crippen molar-refractivity contribution in [3.05, 3.63) is 42.2 Å². The quantitative estimate of drug-likeness (QED) is 0.839. The first-order chi connectivity index (χ1) is 13.3. The maximum Gasteiger partial charge on any atom is 0.273 e. The number of pyridine rings is 1. The third-order valence-corrected chi connectivity index (χ3v) is 6.68. The summed E-state index contributed by atoms with van der Waals surface area (Å²) >= 11 is 0. The van der Waals surface area contributed by atoms with Gasteiger partial charge in [-0.15, -0.1) is 0 Å². The van der Waals surface area contributed by atoms with Gasteiger partial charge in [-0.3, -0.25) is 14.7 Å². The van der Waals surface area contributed by atoms with Gasteiger partial charge < -0.3 is 9.64 Å². The molecule has 0 radical (unpaired) electrons. The zero-order valence-corrected chi connectivity index (χ0v) is 15.8. The van der Waals surface area contributed by atoms with Crippen LogP contribution in [0.3, 0.4) is 0 Å². The summed E-state index contributed by atoms with van der Waals surface area (Å²) in [5, 5.41) is 2.03. The summed E-state index contributed by atoms with van der Waals surface area (Å²) in [6, 6.07) is 10.00. The number of amides is 1. The van der Waals surface area contributed by atoms with Gasteiger partial charge in [0.15, 0.2) is 0 Å². The molecule has 5 rings (SSSR count). The van der Waals surface area contributed by atoms with Crippen molar-refractivity contribution in [2.45, 2.75) is 43.7 Å². The van der Waals surface area contributed by atoms with Crippen molar-refractivity contribution in [1.29, 1.82) is 0 Å². The largest absolute Gasteiger partial charge is 0.377 e. The summed E-state index contributed by atoms with van der Waals surface area (Å²) in [5.41, 5.74) is 0.750. The lowest BCUT2D eigenvalue weighted by Crippen LogP contribution is -2.68. The third-order valence-electron chi connectivity index (χ3n) is 6.68. The molecule has 0 unspecified atom stereocenters. The number of benzene rings is 1. The number of hydrogen-bond donors (Lipinski definition) is 0. The minimum absolute atomic E-state index is 0.0786. The number of ether oxygens (including phenoxy) is 1. The van der Waals surface area contributed by atoms with Crippen molar-refractivity contribution in [3.63, 3.8) is 0 Å². The Morgan fingerprint density at radius 1 is 1.19 bits per heavy atom. The molecule has 5 nitrogen and oxygen atoms in total. The lowest BCUT2D eigenvalue weighted by molar-refractivity contribution is -0.0807. The Morgan fingerprint density at radius 3 is 2.93 bits per heavy atom. The number of nitrogens with zero attached hydrogens (tertiary/aromatic N) is 3. The van der Waals surface area contributed by atoms with Crippen LogP contribution in [-0.2, 0) is 4.74 Å². The van der Waals surface area contributed by atoms with Gasteiger partial charge >= 0.3 is 0 Å². The fourth-order valence-electron chi connectivity index (χ4n) is 5.09. The Hall–Kier alpha value is -1.98. The molecule has 1 aromatic heterocycles. The smallest absolute Gasteiger partial charge is 0.273 e. The number of piperidine rings is 1. The van der Waals surface area contributed by atoms with Crippen molar-refractivity contribution >= 4 is 16.7 Å². The molecular weight excluding hydrogens is 338 g/mol. The van der Waals surface area contributed by atoms with E-state index in [4.69, 9.17) is 4.74 Å². The minimum atomic E-state index is 0.0786. The van der Waals surface area contributed by atoms with Gasteiger partial charge in [0.25, 0.3) is 5.91 Å². The summed E-state index contributed by atoms with van der Waals surface area (Å²) in [5.74, 6) is 0.0786. The fraction of sp³-hybridized carbons (Fsp3) is 0.545. The summed E-state index contributed by atoms with van der Waals surface area (Å²) in [6.45, 7) is 4.72. The number of rotatable bonds is 3. The first-order valence-corrected chi connectivity index (χ1v) is 10.2. The van der Waals surface area contributed by atoms with E-state index in [-0.39, 0.29) is 11.4 Å². The van der Waals surface area contributed by atoms with Gasteiger partial charge in [0.05, 0.1) is 6.10 Å². The van der Waals surface area contributed by atoms with Crippen LogP contribution in [0.25, 0.3) is 10.8 Å². The van der Waals surface area contributed by atoms with Crippen LogP contribution in [-0.4, -0.2) is 65.1 Å².